The molecule has 2 unspecified atom stereocenters. The Hall–Kier alpha value is -2.83. The SMILES string of the molecule is CCCC(=O)OC1=C(SCCCCCC(=O)OC)C(/C=C/C(O)C(c2ccccc2)c2ccccc2)CC1. The number of rotatable bonds is 15. The average Bonchev–Trinajstić information content (AvgIpc) is 3.31. The monoisotopic (exact) mass is 536 g/mol. The van der Waals surface area contributed by atoms with Crippen LogP contribution in [-0.2, 0) is 19.1 Å². The minimum atomic E-state index is -0.698. The van der Waals surface area contributed by atoms with Gasteiger partial charge in [-0.3, -0.25) is 9.59 Å². The Balaban J connectivity index is 1.71. The van der Waals surface area contributed by atoms with Crippen molar-refractivity contribution in [2.24, 2.45) is 5.92 Å². The number of aliphatic hydroxyl groups excluding tert-OH is 1. The second kappa shape index (κ2) is 16.2. The molecule has 1 aliphatic carbocycles. The van der Waals surface area contributed by atoms with E-state index >= 15 is 0 Å². The molecule has 0 saturated carbocycles. The molecule has 1 N–H and O–H groups in total. The minimum absolute atomic E-state index is 0.0985. The molecule has 0 saturated heterocycles. The van der Waals surface area contributed by atoms with Crippen LogP contribution in [0, 0.1) is 5.92 Å². The second-order valence-electron chi connectivity index (χ2n) is 9.57. The van der Waals surface area contributed by atoms with Gasteiger partial charge in [-0.15, -0.1) is 11.8 Å². The molecular weight excluding hydrogens is 496 g/mol. The Bertz CT molecular complexity index is 1020. The van der Waals surface area contributed by atoms with Crippen LogP contribution in [0.1, 0.15) is 75.3 Å². The number of thioether (sulfide) groups is 1. The Morgan fingerprint density at radius 2 is 1.63 bits per heavy atom. The zero-order chi connectivity index (χ0) is 27.2. The maximum atomic E-state index is 12.3. The maximum absolute atomic E-state index is 12.3. The first kappa shape index (κ1) is 29.7. The molecule has 0 aliphatic heterocycles. The van der Waals surface area contributed by atoms with Crippen molar-refractivity contribution in [3.63, 3.8) is 0 Å². The lowest BCUT2D eigenvalue weighted by Crippen LogP contribution is -2.18. The molecule has 6 heteroatoms. The van der Waals surface area contributed by atoms with Crippen LogP contribution >= 0.6 is 11.8 Å². The molecule has 38 heavy (non-hydrogen) atoms. The second-order valence-corrected chi connectivity index (χ2v) is 10.7. The summed E-state index contributed by atoms with van der Waals surface area (Å²) >= 11 is 1.73. The zero-order valence-electron chi connectivity index (χ0n) is 22.5. The molecule has 204 valence electrons. The third-order valence-corrected chi connectivity index (χ3v) is 8.03. The van der Waals surface area contributed by atoms with Crippen LogP contribution in [0.15, 0.2) is 83.5 Å². The highest BCUT2D eigenvalue weighted by Crippen LogP contribution is 2.42. The topological polar surface area (TPSA) is 72.8 Å². The summed E-state index contributed by atoms with van der Waals surface area (Å²) in [4.78, 5) is 24.7. The van der Waals surface area contributed by atoms with Gasteiger partial charge in [0.25, 0.3) is 0 Å². The molecule has 0 amide bonds. The van der Waals surface area contributed by atoms with Gasteiger partial charge < -0.3 is 14.6 Å². The highest BCUT2D eigenvalue weighted by atomic mass is 32.2. The number of carbonyl (C=O) groups is 2. The normalized spacial score (nSPS) is 16.3. The van der Waals surface area contributed by atoms with E-state index in [-0.39, 0.29) is 23.8 Å². The third kappa shape index (κ3) is 9.17. The lowest BCUT2D eigenvalue weighted by atomic mass is 9.86. The van der Waals surface area contributed by atoms with E-state index in [9.17, 15) is 14.7 Å². The molecule has 0 bridgehead atoms. The largest absolute Gasteiger partial charge is 0.469 e. The molecule has 0 heterocycles. The van der Waals surface area contributed by atoms with Crippen LogP contribution < -0.4 is 0 Å². The van der Waals surface area contributed by atoms with E-state index in [4.69, 9.17) is 9.47 Å². The van der Waals surface area contributed by atoms with Gasteiger partial charge in [-0.25, -0.2) is 0 Å². The van der Waals surface area contributed by atoms with Crippen LogP contribution in [-0.4, -0.2) is 36.0 Å². The molecule has 0 aromatic heterocycles. The molecule has 2 aromatic carbocycles. The molecule has 3 rings (SSSR count). The van der Waals surface area contributed by atoms with Gasteiger partial charge in [0.1, 0.15) is 5.76 Å². The van der Waals surface area contributed by atoms with Gasteiger partial charge in [-0.05, 0) is 42.6 Å². The van der Waals surface area contributed by atoms with Crippen molar-refractivity contribution < 1.29 is 24.2 Å². The highest BCUT2D eigenvalue weighted by molar-refractivity contribution is 8.03. The summed E-state index contributed by atoms with van der Waals surface area (Å²) in [6, 6.07) is 20.2. The highest BCUT2D eigenvalue weighted by Gasteiger charge is 2.28. The number of ether oxygens (including phenoxy) is 2. The van der Waals surface area contributed by atoms with Gasteiger partial charge in [-0.2, -0.15) is 0 Å². The number of methoxy groups -OCH3 is 1. The predicted molar refractivity (Wildman–Crippen MR) is 154 cm³/mol. The molecule has 0 fully saturated rings. The minimum Gasteiger partial charge on any atom is -0.469 e. The van der Waals surface area contributed by atoms with Crippen LogP contribution in [0.2, 0.25) is 0 Å². The van der Waals surface area contributed by atoms with Crippen LogP contribution in [0.3, 0.4) is 0 Å². The summed E-state index contributed by atoms with van der Waals surface area (Å²) in [7, 11) is 1.42. The summed E-state index contributed by atoms with van der Waals surface area (Å²) in [5.41, 5.74) is 2.13. The van der Waals surface area contributed by atoms with E-state index in [0.29, 0.717) is 19.3 Å². The fourth-order valence-electron chi connectivity index (χ4n) is 4.71. The summed E-state index contributed by atoms with van der Waals surface area (Å²) < 4.78 is 10.5. The number of allylic oxidation sites excluding steroid dienone is 3. The Labute approximate surface area is 231 Å². The molecular formula is C32H40O5S. The zero-order valence-corrected chi connectivity index (χ0v) is 23.3. The molecule has 1 aliphatic rings. The number of benzene rings is 2. The Morgan fingerprint density at radius 3 is 2.24 bits per heavy atom. The van der Waals surface area contributed by atoms with Crippen molar-refractivity contribution in [3.05, 3.63) is 94.6 Å². The number of hydrogen-bond acceptors (Lipinski definition) is 6. The quantitative estimate of drug-likeness (QED) is 0.148. The standard InChI is InChI=1S/C32H40O5S/c1-3-13-30(35)37-28-22-20-26(32(28)38-23-12-6-11-18-29(34)36-2)19-21-27(33)31(24-14-7-4-8-15-24)25-16-9-5-10-17-25/h4-5,7-10,14-17,19,21,26-27,31,33H,3,6,11-13,18,20,22-23H2,1-2H3/b21-19+. The lowest BCUT2D eigenvalue weighted by molar-refractivity contribution is -0.141. The summed E-state index contributed by atoms with van der Waals surface area (Å²) in [5, 5.41) is 11.3. The number of hydrogen-bond donors (Lipinski definition) is 1. The molecule has 0 radical (unpaired) electrons. The van der Waals surface area contributed by atoms with Gasteiger partial charge in [0.15, 0.2) is 0 Å². The van der Waals surface area contributed by atoms with E-state index < -0.39 is 6.10 Å². The first-order chi connectivity index (χ1) is 18.5. The van der Waals surface area contributed by atoms with Crippen LogP contribution in [0.4, 0.5) is 0 Å². The van der Waals surface area contributed by atoms with Crippen molar-refractivity contribution in [3.8, 4) is 0 Å². The first-order valence-electron chi connectivity index (χ1n) is 13.6. The summed E-state index contributed by atoms with van der Waals surface area (Å²) in [5.74, 6) is 1.23. The fourth-order valence-corrected chi connectivity index (χ4v) is 6.00. The van der Waals surface area contributed by atoms with Crippen molar-refractivity contribution in [2.75, 3.05) is 12.9 Å². The maximum Gasteiger partial charge on any atom is 0.310 e. The van der Waals surface area contributed by atoms with Crippen LogP contribution in [0.5, 0.6) is 0 Å². The van der Waals surface area contributed by atoms with E-state index in [1.54, 1.807) is 11.8 Å². The number of unbranched alkanes of at least 4 members (excludes halogenated alkanes) is 2. The first-order valence-corrected chi connectivity index (χ1v) is 14.6. The Morgan fingerprint density at radius 1 is 0.974 bits per heavy atom. The van der Waals surface area contributed by atoms with Gasteiger partial charge in [0, 0.05) is 36.0 Å². The average molecular weight is 537 g/mol. The van der Waals surface area contributed by atoms with E-state index in [0.717, 1.165) is 59.6 Å². The van der Waals surface area contributed by atoms with Crippen LogP contribution in [0.25, 0.3) is 0 Å². The summed E-state index contributed by atoms with van der Waals surface area (Å²) in [6.07, 6.45) is 9.17. The lowest BCUT2D eigenvalue weighted by Gasteiger charge is -2.22. The molecule has 0 spiro atoms. The Kier molecular flexibility index (Phi) is 12.7. The van der Waals surface area contributed by atoms with E-state index in [1.165, 1.54) is 7.11 Å². The van der Waals surface area contributed by atoms with Crippen molar-refractivity contribution in [1.82, 2.24) is 0 Å². The number of carbonyl (C=O) groups excluding carboxylic acids is 2. The van der Waals surface area contributed by atoms with Gasteiger partial charge in [0.05, 0.1) is 13.2 Å². The van der Waals surface area contributed by atoms with E-state index in [1.807, 2.05) is 49.4 Å². The third-order valence-electron chi connectivity index (χ3n) is 6.70. The molecule has 5 nitrogen and oxygen atoms in total. The smallest absolute Gasteiger partial charge is 0.310 e. The van der Waals surface area contributed by atoms with Gasteiger partial charge in [-0.1, -0.05) is 86.2 Å². The summed E-state index contributed by atoms with van der Waals surface area (Å²) in [6.45, 7) is 1.97. The van der Waals surface area contributed by atoms with Crippen molar-refractivity contribution >= 4 is 23.7 Å². The van der Waals surface area contributed by atoms with E-state index in [2.05, 4.69) is 30.3 Å². The molecule has 2 aromatic rings. The fraction of sp³-hybridized carbons (Fsp3) is 0.438. The number of aliphatic hydroxyl groups is 1. The van der Waals surface area contributed by atoms with Gasteiger partial charge >= 0.3 is 11.9 Å². The van der Waals surface area contributed by atoms with Crippen molar-refractivity contribution in [2.45, 2.75) is 70.3 Å². The van der Waals surface area contributed by atoms with Crippen molar-refractivity contribution in [1.29, 1.82) is 0 Å². The molecule has 2 atom stereocenters. The van der Waals surface area contributed by atoms with Gasteiger partial charge in [0.2, 0.25) is 0 Å². The predicted octanol–water partition coefficient (Wildman–Crippen LogP) is 7.17. The number of esters is 2.